The van der Waals surface area contributed by atoms with Gasteiger partial charge in [0.25, 0.3) is 10.0 Å². The molecule has 0 spiro atoms. The molecule has 7 nitrogen and oxygen atoms in total. The first kappa shape index (κ1) is 26.0. The summed E-state index contributed by atoms with van der Waals surface area (Å²) in [7, 11) is 0.391. The van der Waals surface area contributed by atoms with Crippen molar-refractivity contribution < 1.29 is 8.42 Å². The summed E-state index contributed by atoms with van der Waals surface area (Å²) < 4.78 is 28.1. The first-order valence-electron chi connectivity index (χ1n) is 12.8. The highest BCUT2D eigenvalue weighted by Crippen LogP contribution is 2.35. The van der Waals surface area contributed by atoms with Gasteiger partial charge in [0, 0.05) is 46.4 Å². The topological polar surface area (TPSA) is 82.2 Å². The molecule has 1 radical (unpaired) electrons. The lowest BCUT2D eigenvalue weighted by Gasteiger charge is -2.13. The van der Waals surface area contributed by atoms with Gasteiger partial charge in [-0.2, -0.15) is 8.42 Å². The molecule has 38 heavy (non-hydrogen) atoms. The van der Waals surface area contributed by atoms with Gasteiger partial charge < -0.3 is 15.2 Å². The lowest BCUT2D eigenvalue weighted by atomic mass is 9.97. The van der Waals surface area contributed by atoms with Crippen molar-refractivity contribution in [2.24, 2.45) is 0 Å². The highest BCUT2D eigenvalue weighted by molar-refractivity contribution is 7.92. The largest absolute Gasteiger partial charge is 0.358 e. The molecular weight excluding hydrogens is 494 g/mol. The van der Waals surface area contributed by atoms with Gasteiger partial charge in [0.15, 0.2) is 0 Å². The minimum absolute atomic E-state index is 0.226. The maximum atomic E-state index is 13.2. The first-order chi connectivity index (χ1) is 18.2. The Hall–Kier alpha value is -3.59. The number of aryl methyl sites for hydroxylation is 2. The summed E-state index contributed by atoms with van der Waals surface area (Å²) in [5.41, 5.74) is 6.98. The van der Waals surface area contributed by atoms with E-state index in [2.05, 4.69) is 52.3 Å². The van der Waals surface area contributed by atoms with Crippen LogP contribution in [0.4, 0.5) is 0 Å². The van der Waals surface area contributed by atoms with Gasteiger partial charge in [0.2, 0.25) is 0 Å². The maximum Gasteiger partial charge on any atom is 0.275 e. The fraction of sp³-hybridized carbons (Fsp3) is 0.267. The molecule has 0 aliphatic rings. The van der Waals surface area contributed by atoms with Crippen LogP contribution in [0.1, 0.15) is 23.2 Å². The van der Waals surface area contributed by atoms with Crippen LogP contribution in [0.2, 0.25) is 0 Å². The van der Waals surface area contributed by atoms with Gasteiger partial charge in [0.05, 0.1) is 10.4 Å². The van der Waals surface area contributed by atoms with Crippen LogP contribution in [0.25, 0.3) is 32.9 Å². The Morgan fingerprint density at radius 1 is 1.00 bits per heavy atom. The van der Waals surface area contributed by atoms with E-state index in [4.69, 9.17) is 0 Å². The molecule has 0 saturated carbocycles. The average Bonchev–Trinajstić information content (AvgIpc) is 3.42. The van der Waals surface area contributed by atoms with E-state index in [1.165, 1.54) is 0 Å². The van der Waals surface area contributed by atoms with Crippen LogP contribution in [0, 0.1) is 19.9 Å². The van der Waals surface area contributed by atoms with Crippen molar-refractivity contribution in [3.63, 3.8) is 0 Å². The molecule has 5 rings (SSSR count). The number of H-pyrrole nitrogens is 1. The number of benzene rings is 3. The van der Waals surface area contributed by atoms with Gasteiger partial charge >= 0.3 is 0 Å². The van der Waals surface area contributed by atoms with Crippen LogP contribution < -0.4 is 10.1 Å². The van der Waals surface area contributed by atoms with E-state index in [9.17, 15) is 8.42 Å². The summed E-state index contributed by atoms with van der Waals surface area (Å²) in [6.45, 7) is 6.57. The molecule has 2 heterocycles. The second-order valence-corrected chi connectivity index (χ2v) is 11.8. The van der Waals surface area contributed by atoms with Crippen molar-refractivity contribution in [3.05, 3.63) is 89.7 Å². The standard InChI is InChI=1S/C30H34N5O2S/c1-21-10-12-25(13-11-21)38(36,37)33-35-20-28(26-8-5-6-9-30(26)35)27-17-23-16-22(2)32-29(23)18-24(27)19-31-14-7-15-34(3)4/h5-6,8-13,17-18,20,31-33H,7,14-15,19H2,1-4H3. The van der Waals surface area contributed by atoms with E-state index >= 15 is 0 Å². The highest BCUT2D eigenvalue weighted by atomic mass is 32.2. The van der Waals surface area contributed by atoms with Crippen molar-refractivity contribution in [2.75, 3.05) is 32.0 Å². The molecule has 0 bridgehead atoms. The van der Waals surface area contributed by atoms with Crippen LogP contribution >= 0.6 is 0 Å². The number of sulfonamides is 1. The van der Waals surface area contributed by atoms with Gasteiger partial charge in [-0.25, -0.2) is 4.83 Å². The number of rotatable bonds is 10. The monoisotopic (exact) mass is 528 g/mol. The number of fused-ring (bicyclic) bond motifs is 2. The average molecular weight is 529 g/mol. The van der Waals surface area contributed by atoms with E-state index in [1.54, 1.807) is 28.9 Å². The Morgan fingerprint density at radius 3 is 2.53 bits per heavy atom. The number of hydrogen-bond acceptors (Lipinski definition) is 4. The fourth-order valence-corrected chi connectivity index (χ4v) is 5.81. The molecule has 0 atom stereocenters. The van der Waals surface area contributed by atoms with Crippen LogP contribution in [0.3, 0.4) is 0 Å². The Balaban J connectivity index is 1.55. The molecule has 5 aromatic rings. The highest BCUT2D eigenvalue weighted by Gasteiger charge is 2.19. The normalized spacial score (nSPS) is 12.1. The number of aromatic nitrogens is 2. The Morgan fingerprint density at radius 2 is 1.76 bits per heavy atom. The first-order valence-corrected chi connectivity index (χ1v) is 14.3. The summed E-state index contributed by atoms with van der Waals surface area (Å²) in [5.74, 6) is 0. The number of aromatic amines is 1. The zero-order valence-electron chi connectivity index (χ0n) is 22.3. The molecule has 3 aromatic carbocycles. The van der Waals surface area contributed by atoms with Crippen molar-refractivity contribution in [1.82, 2.24) is 19.9 Å². The summed E-state index contributed by atoms with van der Waals surface area (Å²) in [6, 6.07) is 22.5. The van der Waals surface area contributed by atoms with Crippen LogP contribution in [0.15, 0.2) is 71.8 Å². The van der Waals surface area contributed by atoms with E-state index in [1.807, 2.05) is 44.3 Å². The smallest absolute Gasteiger partial charge is 0.275 e. The SMILES string of the molecule is Cc1ccc(S(=O)(=O)Nn2cc(-c3cc4[c]c(C)[nH]c4cc3CNCCCN(C)C)c3ccccc32)cc1. The van der Waals surface area contributed by atoms with E-state index in [-0.39, 0.29) is 4.90 Å². The lowest BCUT2D eigenvalue weighted by Crippen LogP contribution is -2.22. The van der Waals surface area contributed by atoms with Gasteiger partial charge in [-0.3, -0.25) is 4.68 Å². The third-order valence-corrected chi connectivity index (χ3v) is 8.04. The molecule has 0 aliphatic heterocycles. The van der Waals surface area contributed by atoms with Gasteiger partial charge in [-0.15, -0.1) is 0 Å². The van der Waals surface area contributed by atoms with E-state index < -0.39 is 10.0 Å². The Labute approximate surface area is 224 Å². The molecule has 8 heteroatoms. The van der Waals surface area contributed by atoms with Crippen molar-refractivity contribution >= 4 is 31.8 Å². The summed E-state index contributed by atoms with van der Waals surface area (Å²) in [4.78, 5) is 8.59. The van der Waals surface area contributed by atoms with Gasteiger partial charge in [-0.05, 0) is 88.9 Å². The Bertz CT molecular complexity index is 1680. The van der Waals surface area contributed by atoms with Crippen LogP contribution in [0.5, 0.6) is 0 Å². The lowest BCUT2D eigenvalue weighted by molar-refractivity contribution is 0.394. The molecule has 0 unspecified atom stereocenters. The summed E-state index contributed by atoms with van der Waals surface area (Å²) in [5, 5.41) is 5.57. The second kappa shape index (κ2) is 10.6. The minimum atomic E-state index is -3.77. The molecule has 0 fully saturated rings. The quantitative estimate of drug-likeness (QED) is 0.218. The third kappa shape index (κ3) is 5.48. The minimum Gasteiger partial charge on any atom is -0.358 e. The molecule has 0 saturated heterocycles. The molecule has 197 valence electrons. The van der Waals surface area contributed by atoms with E-state index in [0.29, 0.717) is 6.54 Å². The number of nitrogens with zero attached hydrogens (tertiary/aromatic N) is 2. The van der Waals surface area contributed by atoms with Crippen LogP contribution in [-0.4, -0.2) is 50.2 Å². The third-order valence-electron chi connectivity index (χ3n) is 6.71. The zero-order chi connectivity index (χ0) is 26.9. The van der Waals surface area contributed by atoms with Crippen molar-refractivity contribution in [3.8, 4) is 11.1 Å². The van der Waals surface area contributed by atoms with E-state index in [0.717, 1.165) is 69.3 Å². The summed E-state index contributed by atoms with van der Waals surface area (Å²) in [6.07, 6.45) is 2.94. The van der Waals surface area contributed by atoms with Crippen molar-refractivity contribution in [1.29, 1.82) is 0 Å². The zero-order valence-corrected chi connectivity index (χ0v) is 23.1. The molecule has 0 aliphatic carbocycles. The van der Waals surface area contributed by atoms with Gasteiger partial charge in [-0.1, -0.05) is 35.9 Å². The van der Waals surface area contributed by atoms with Crippen LogP contribution in [-0.2, 0) is 16.6 Å². The summed E-state index contributed by atoms with van der Waals surface area (Å²) >= 11 is 0. The number of para-hydroxylation sites is 1. The second-order valence-electron chi connectivity index (χ2n) is 10.1. The molecular formula is C30H34N5O2S. The van der Waals surface area contributed by atoms with Gasteiger partial charge in [0.1, 0.15) is 0 Å². The predicted molar refractivity (Wildman–Crippen MR) is 155 cm³/mol. The molecule has 0 amide bonds. The number of hydrogen-bond donors (Lipinski definition) is 3. The molecule has 3 N–H and O–H groups in total. The predicted octanol–water partition coefficient (Wildman–Crippen LogP) is 5.18. The molecule has 2 aromatic heterocycles. The maximum absolute atomic E-state index is 13.2. The van der Waals surface area contributed by atoms with Crippen molar-refractivity contribution in [2.45, 2.75) is 31.7 Å². The Kier molecular flexibility index (Phi) is 7.29. The number of nitrogens with one attached hydrogen (secondary N) is 3. The fourth-order valence-electron chi connectivity index (χ4n) is 4.80.